The van der Waals surface area contributed by atoms with Crippen molar-refractivity contribution in [3.05, 3.63) is 65.7 Å². The van der Waals surface area contributed by atoms with E-state index in [1.807, 2.05) is 0 Å². The maximum atomic E-state index is 11.7. The Morgan fingerprint density at radius 3 is 2.79 bits per heavy atom. The van der Waals surface area contributed by atoms with E-state index in [4.69, 9.17) is 0 Å². The van der Waals surface area contributed by atoms with Crippen LogP contribution in [0.4, 0.5) is 0 Å². The standard InChI is InChI=1S/C14H13N3O2/c1-10-3-2-4-12(13(10)18)9-16-17-14(19)11-5-7-15-8-6-11/h2-9,16H,1H3,(H,17,19)/b12-9+. The second kappa shape index (κ2) is 5.77. The van der Waals surface area contributed by atoms with Crippen molar-refractivity contribution in [1.29, 1.82) is 0 Å². The topological polar surface area (TPSA) is 71.1 Å². The van der Waals surface area contributed by atoms with Crippen LogP contribution in [0.25, 0.3) is 0 Å². The highest BCUT2D eigenvalue weighted by Crippen LogP contribution is 2.11. The molecule has 1 aliphatic rings. The number of hydrazine groups is 1. The highest BCUT2D eigenvalue weighted by atomic mass is 16.2. The lowest BCUT2D eigenvalue weighted by Crippen LogP contribution is -2.34. The number of pyridine rings is 1. The fourth-order valence-corrected chi connectivity index (χ4v) is 1.54. The number of amides is 1. The third-order valence-corrected chi connectivity index (χ3v) is 2.60. The molecule has 2 rings (SSSR count). The van der Waals surface area contributed by atoms with Crippen LogP contribution in [0.1, 0.15) is 17.3 Å². The Balaban J connectivity index is 1.94. The van der Waals surface area contributed by atoms with Gasteiger partial charge in [0.05, 0.1) is 0 Å². The molecule has 1 aromatic rings. The molecular formula is C14H13N3O2. The molecule has 1 aromatic heterocycles. The molecule has 0 fully saturated rings. The third-order valence-electron chi connectivity index (χ3n) is 2.60. The number of nitrogens with one attached hydrogen (secondary N) is 2. The van der Waals surface area contributed by atoms with Gasteiger partial charge in [0.25, 0.3) is 5.91 Å². The van der Waals surface area contributed by atoms with E-state index >= 15 is 0 Å². The Hall–Kier alpha value is -2.69. The van der Waals surface area contributed by atoms with Gasteiger partial charge in [-0.1, -0.05) is 12.2 Å². The SMILES string of the molecule is CC1=CC=C/C(=C\NNC(=O)c2ccncc2)C1=O. The molecule has 1 heterocycles. The van der Waals surface area contributed by atoms with Crippen LogP contribution in [0.5, 0.6) is 0 Å². The number of Topliss-reactive ketones (excluding diaryl/α,β-unsaturated/α-hetero) is 1. The van der Waals surface area contributed by atoms with E-state index in [0.717, 1.165) is 0 Å². The molecule has 0 aromatic carbocycles. The van der Waals surface area contributed by atoms with Gasteiger partial charge in [-0.3, -0.25) is 20.0 Å². The zero-order chi connectivity index (χ0) is 13.7. The van der Waals surface area contributed by atoms with Crippen LogP contribution in [0.2, 0.25) is 0 Å². The van der Waals surface area contributed by atoms with Gasteiger partial charge in [-0.05, 0) is 30.7 Å². The van der Waals surface area contributed by atoms with Crippen LogP contribution >= 0.6 is 0 Å². The van der Waals surface area contributed by atoms with Gasteiger partial charge >= 0.3 is 0 Å². The van der Waals surface area contributed by atoms with Crippen molar-refractivity contribution in [3.8, 4) is 0 Å². The third kappa shape index (κ3) is 3.16. The van der Waals surface area contributed by atoms with Crippen LogP contribution < -0.4 is 10.9 Å². The highest BCUT2D eigenvalue weighted by molar-refractivity contribution is 6.10. The lowest BCUT2D eigenvalue weighted by atomic mass is 10.0. The molecule has 0 spiro atoms. The number of rotatable bonds is 3. The summed E-state index contributed by atoms with van der Waals surface area (Å²) in [5, 5.41) is 0. The molecule has 2 N–H and O–H groups in total. The monoisotopic (exact) mass is 255 g/mol. The zero-order valence-electron chi connectivity index (χ0n) is 10.4. The second-order valence-electron chi connectivity index (χ2n) is 3.97. The first-order chi connectivity index (χ1) is 9.18. The Morgan fingerprint density at radius 2 is 2.05 bits per heavy atom. The quantitative estimate of drug-likeness (QED) is 0.630. The number of aromatic nitrogens is 1. The summed E-state index contributed by atoms with van der Waals surface area (Å²) in [4.78, 5) is 27.2. The van der Waals surface area contributed by atoms with E-state index in [1.54, 1.807) is 37.3 Å². The molecule has 1 amide bonds. The molecule has 19 heavy (non-hydrogen) atoms. The lowest BCUT2D eigenvalue weighted by Gasteiger charge is -2.08. The van der Waals surface area contributed by atoms with E-state index in [1.165, 1.54) is 18.6 Å². The zero-order valence-corrected chi connectivity index (χ0v) is 10.4. The number of ketones is 1. The van der Waals surface area contributed by atoms with Crippen molar-refractivity contribution >= 4 is 11.7 Å². The van der Waals surface area contributed by atoms with Gasteiger partial charge in [-0.15, -0.1) is 0 Å². The van der Waals surface area contributed by atoms with Crippen molar-refractivity contribution in [3.63, 3.8) is 0 Å². The molecular weight excluding hydrogens is 242 g/mol. The van der Waals surface area contributed by atoms with Gasteiger partial charge in [-0.2, -0.15) is 0 Å². The fraction of sp³-hybridized carbons (Fsp3) is 0.0714. The Bertz CT molecular complexity index is 586. The summed E-state index contributed by atoms with van der Waals surface area (Å²) in [5.74, 6) is -0.355. The van der Waals surface area contributed by atoms with Crippen LogP contribution in [0.15, 0.2) is 60.1 Å². The predicted molar refractivity (Wildman–Crippen MR) is 70.8 cm³/mol. The molecule has 1 aliphatic carbocycles. The molecule has 0 radical (unpaired) electrons. The molecule has 0 bridgehead atoms. The molecule has 0 unspecified atom stereocenters. The molecule has 0 saturated heterocycles. The van der Waals surface area contributed by atoms with Gasteiger partial charge in [0.15, 0.2) is 5.78 Å². The number of allylic oxidation sites excluding steroid dienone is 5. The van der Waals surface area contributed by atoms with Gasteiger partial charge in [0, 0.05) is 29.7 Å². The molecule has 0 saturated carbocycles. The van der Waals surface area contributed by atoms with Gasteiger partial charge in [0.1, 0.15) is 0 Å². The van der Waals surface area contributed by atoms with E-state index < -0.39 is 0 Å². The number of carbonyl (C=O) groups excluding carboxylic acids is 2. The summed E-state index contributed by atoms with van der Waals surface area (Å²) in [6.45, 7) is 1.75. The van der Waals surface area contributed by atoms with Crippen molar-refractivity contribution in [2.75, 3.05) is 0 Å². The minimum atomic E-state index is -0.293. The first-order valence-electron chi connectivity index (χ1n) is 5.74. The summed E-state index contributed by atoms with van der Waals surface area (Å²) >= 11 is 0. The number of nitrogens with zero attached hydrogens (tertiary/aromatic N) is 1. The molecule has 0 aliphatic heterocycles. The van der Waals surface area contributed by atoms with Gasteiger partial charge in [-0.25, -0.2) is 0 Å². The van der Waals surface area contributed by atoms with E-state index in [-0.39, 0.29) is 11.7 Å². The summed E-state index contributed by atoms with van der Waals surface area (Å²) in [5.41, 5.74) is 6.75. The van der Waals surface area contributed by atoms with Crippen molar-refractivity contribution in [1.82, 2.24) is 15.8 Å². The average Bonchev–Trinajstić information content (AvgIpc) is 2.44. The largest absolute Gasteiger partial charge is 0.305 e. The Labute approximate surface area is 110 Å². The first-order valence-corrected chi connectivity index (χ1v) is 5.74. The lowest BCUT2D eigenvalue weighted by molar-refractivity contribution is -0.112. The normalized spacial score (nSPS) is 16.2. The Kier molecular flexibility index (Phi) is 3.87. The van der Waals surface area contributed by atoms with Crippen LogP contribution in [0, 0.1) is 0 Å². The van der Waals surface area contributed by atoms with Crippen molar-refractivity contribution in [2.24, 2.45) is 0 Å². The van der Waals surface area contributed by atoms with E-state index in [0.29, 0.717) is 16.7 Å². The molecule has 96 valence electrons. The predicted octanol–water partition coefficient (Wildman–Crippen LogP) is 1.29. The van der Waals surface area contributed by atoms with Crippen molar-refractivity contribution in [2.45, 2.75) is 6.92 Å². The number of hydrogen-bond acceptors (Lipinski definition) is 4. The minimum Gasteiger partial charge on any atom is -0.305 e. The van der Waals surface area contributed by atoms with Gasteiger partial charge < -0.3 is 5.43 Å². The minimum absolute atomic E-state index is 0.0619. The second-order valence-corrected chi connectivity index (χ2v) is 3.97. The fourth-order valence-electron chi connectivity index (χ4n) is 1.54. The van der Waals surface area contributed by atoms with E-state index in [9.17, 15) is 9.59 Å². The summed E-state index contributed by atoms with van der Waals surface area (Å²) < 4.78 is 0. The van der Waals surface area contributed by atoms with Crippen LogP contribution in [-0.2, 0) is 4.79 Å². The summed E-state index contributed by atoms with van der Waals surface area (Å²) in [7, 11) is 0. The Morgan fingerprint density at radius 1 is 1.32 bits per heavy atom. The van der Waals surface area contributed by atoms with Crippen LogP contribution in [0.3, 0.4) is 0 Å². The average molecular weight is 255 g/mol. The maximum absolute atomic E-state index is 11.7. The summed E-state index contributed by atoms with van der Waals surface area (Å²) in [6, 6.07) is 3.20. The van der Waals surface area contributed by atoms with Crippen LogP contribution in [-0.4, -0.2) is 16.7 Å². The smallest absolute Gasteiger partial charge is 0.269 e. The number of hydrogen-bond donors (Lipinski definition) is 2. The molecule has 5 nitrogen and oxygen atoms in total. The van der Waals surface area contributed by atoms with E-state index in [2.05, 4.69) is 15.8 Å². The maximum Gasteiger partial charge on any atom is 0.269 e. The highest BCUT2D eigenvalue weighted by Gasteiger charge is 2.11. The summed E-state index contributed by atoms with van der Waals surface area (Å²) in [6.07, 6.45) is 9.75. The first kappa shape index (κ1) is 12.8. The van der Waals surface area contributed by atoms with Gasteiger partial charge in [0.2, 0.25) is 0 Å². The molecule has 0 atom stereocenters. The molecule has 5 heteroatoms. The number of carbonyl (C=O) groups is 2. The van der Waals surface area contributed by atoms with Crippen molar-refractivity contribution < 1.29 is 9.59 Å².